The van der Waals surface area contributed by atoms with Crippen molar-refractivity contribution in [3.63, 3.8) is 0 Å². The molecule has 0 atom stereocenters. The first-order valence-corrected chi connectivity index (χ1v) is 5.94. The maximum Gasteiger partial charge on any atom is 0.151 e. The van der Waals surface area contributed by atoms with E-state index in [0.717, 1.165) is 27.5 Å². The molecule has 1 N–H and O–H groups in total. The van der Waals surface area contributed by atoms with Crippen LogP contribution in [0.3, 0.4) is 0 Å². The number of benzene rings is 2. The summed E-state index contributed by atoms with van der Waals surface area (Å²) in [6, 6.07) is 14.2. The van der Waals surface area contributed by atoms with E-state index in [0.29, 0.717) is 6.54 Å². The highest BCUT2D eigenvalue weighted by molar-refractivity contribution is 6.06. The third kappa shape index (κ3) is 1.75. The largest absolute Gasteiger partial charge is 0.455 e. The molecule has 0 aliphatic heterocycles. The lowest BCUT2D eigenvalue weighted by Crippen LogP contribution is -2.04. The van der Waals surface area contributed by atoms with Crippen molar-refractivity contribution in [3.8, 4) is 11.8 Å². The molecule has 0 saturated heterocycles. The van der Waals surface area contributed by atoms with E-state index in [2.05, 4.69) is 29.3 Å². The van der Waals surface area contributed by atoms with Gasteiger partial charge < -0.3 is 9.73 Å². The Bertz CT molecular complexity index is 759. The summed E-state index contributed by atoms with van der Waals surface area (Å²) in [7, 11) is 1.89. The zero-order chi connectivity index (χ0) is 12.4. The van der Waals surface area contributed by atoms with Crippen LogP contribution in [0.2, 0.25) is 0 Å². The lowest BCUT2D eigenvalue weighted by molar-refractivity contribution is 0.668. The highest BCUT2D eigenvalue weighted by Crippen LogP contribution is 2.30. The average molecular weight is 235 g/mol. The number of fused-ring (bicyclic) bond motifs is 3. The topological polar surface area (TPSA) is 25.2 Å². The van der Waals surface area contributed by atoms with Crippen LogP contribution in [0.15, 0.2) is 46.9 Å². The fourth-order valence-electron chi connectivity index (χ4n) is 2.07. The van der Waals surface area contributed by atoms with Gasteiger partial charge in [-0.3, -0.25) is 0 Å². The molecule has 2 aromatic carbocycles. The zero-order valence-corrected chi connectivity index (χ0v) is 10.2. The van der Waals surface area contributed by atoms with E-state index in [-0.39, 0.29) is 0 Å². The van der Waals surface area contributed by atoms with Crippen molar-refractivity contribution in [1.82, 2.24) is 5.32 Å². The molecule has 0 radical (unpaired) electrons. The van der Waals surface area contributed by atoms with Gasteiger partial charge in [0.05, 0.1) is 12.1 Å². The van der Waals surface area contributed by atoms with Crippen molar-refractivity contribution in [2.24, 2.45) is 0 Å². The van der Waals surface area contributed by atoms with Crippen molar-refractivity contribution in [3.05, 3.63) is 48.0 Å². The van der Waals surface area contributed by atoms with Crippen LogP contribution in [0.5, 0.6) is 0 Å². The minimum Gasteiger partial charge on any atom is -0.455 e. The molecule has 18 heavy (non-hydrogen) atoms. The van der Waals surface area contributed by atoms with Crippen molar-refractivity contribution < 1.29 is 4.42 Å². The normalized spacial score (nSPS) is 10.5. The molecule has 0 aliphatic carbocycles. The van der Waals surface area contributed by atoms with Gasteiger partial charge in [-0.05, 0) is 19.2 Å². The number of furan rings is 1. The van der Waals surface area contributed by atoms with Gasteiger partial charge in [-0.1, -0.05) is 42.2 Å². The summed E-state index contributed by atoms with van der Waals surface area (Å²) in [6.45, 7) is 0.677. The van der Waals surface area contributed by atoms with Crippen LogP contribution in [-0.2, 0) is 0 Å². The molecule has 0 aliphatic rings. The van der Waals surface area contributed by atoms with E-state index >= 15 is 0 Å². The van der Waals surface area contributed by atoms with Gasteiger partial charge in [0.25, 0.3) is 0 Å². The maximum atomic E-state index is 5.89. The highest BCUT2D eigenvalue weighted by atomic mass is 16.3. The Kier molecular flexibility index (Phi) is 2.76. The van der Waals surface area contributed by atoms with Crippen molar-refractivity contribution in [2.75, 3.05) is 13.6 Å². The number of para-hydroxylation sites is 2. The molecule has 0 fully saturated rings. The van der Waals surface area contributed by atoms with E-state index in [4.69, 9.17) is 4.42 Å². The van der Waals surface area contributed by atoms with Gasteiger partial charge in [-0.2, -0.15) is 0 Å². The Balaban J connectivity index is 2.25. The molecule has 2 nitrogen and oxygen atoms in total. The second-order valence-electron chi connectivity index (χ2n) is 4.11. The van der Waals surface area contributed by atoms with Gasteiger partial charge in [0, 0.05) is 10.8 Å². The van der Waals surface area contributed by atoms with E-state index in [9.17, 15) is 0 Å². The number of nitrogens with one attached hydrogen (secondary N) is 1. The first-order valence-electron chi connectivity index (χ1n) is 5.94. The molecule has 0 unspecified atom stereocenters. The Morgan fingerprint density at radius 1 is 1.06 bits per heavy atom. The lowest BCUT2D eigenvalue weighted by atomic mass is 10.1. The van der Waals surface area contributed by atoms with Gasteiger partial charge in [-0.15, -0.1) is 0 Å². The number of rotatable bonds is 1. The first kappa shape index (κ1) is 10.9. The quantitative estimate of drug-likeness (QED) is 0.655. The summed E-state index contributed by atoms with van der Waals surface area (Å²) in [4.78, 5) is 0. The van der Waals surface area contributed by atoms with Gasteiger partial charge >= 0.3 is 0 Å². The summed E-state index contributed by atoms with van der Waals surface area (Å²) in [5, 5.41) is 5.28. The molecule has 2 heteroatoms. The van der Waals surface area contributed by atoms with Gasteiger partial charge in [0.1, 0.15) is 5.58 Å². The van der Waals surface area contributed by atoms with Crippen LogP contribution in [0.4, 0.5) is 0 Å². The third-order valence-corrected chi connectivity index (χ3v) is 2.89. The van der Waals surface area contributed by atoms with E-state index < -0.39 is 0 Å². The standard InChI is InChI=1S/C16H13NO/c1-17-11-5-7-12-6-4-9-14-13-8-2-3-10-15(13)18-16(12)14/h2-4,6,8-10,17H,11H2,1H3. The van der Waals surface area contributed by atoms with E-state index in [1.807, 2.05) is 37.4 Å². The van der Waals surface area contributed by atoms with Crippen LogP contribution in [0.1, 0.15) is 5.56 Å². The molecule has 1 heterocycles. The van der Waals surface area contributed by atoms with Crippen LogP contribution in [0.25, 0.3) is 21.9 Å². The highest BCUT2D eigenvalue weighted by Gasteiger charge is 2.08. The number of hydrogen-bond donors (Lipinski definition) is 1. The van der Waals surface area contributed by atoms with Gasteiger partial charge in [0.2, 0.25) is 0 Å². The Hall–Kier alpha value is -2.24. The SMILES string of the molecule is CNCC#Cc1cccc2c1oc1ccccc12. The Morgan fingerprint density at radius 2 is 1.89 bits per heavy atom. The molecular weight excluding hydrogens is 222 g/mol. The van der Waals surface area contributed by atoms with Crippen molar-refractivity contribution >= 4 is 21.9 Å². The molecular formula is C16H13NO. The minimum atomic E-state index is 0.677. The fraction of sp³-hybridized carbons (Fsp3) is 0.125. The molecule has 3 aromatic rings. The van der Waals surface area contributed by atoms with Crippen LogP contribution in [-0.4, -0.2) is 13.6 Å². The molecule has 0 amide bonds. The predicted molar refractivity (Wildman–Crippen MR) is 74.5 cm³/mol. The maximum absolute atomic E-state index is 5.89. The fourth-order valence-corrected chi connectivity index (χ4v) is 2.07. The van der Waals surface area contributed by atoms with Crippen LogP contribution >= 0.6 is 0 Å². The molecule has 88 valence electrons. The van der Waals surface area contributed by atoms with Gasteiger partial charge in [-0.25, -0.2) is 0 Å². The second kappa shape index (κ2) is 4.56. The Labute approximate surface area is 106 Å². The monoisotopic (exact) mass is 235 g/mol. The average Bonchev–Trinajstić information content (AvgIpc) is 2.79. The first-order chi connectivity index (χ1) is 8.90. The van der Waals surface area contributed by atoms with E-state index in [1.165, 1.54) is 0 Å². The molecule has 0 bridgehead atoms. The molecule has 0 spiro atoms. The van der Waals surface area contributed by atoms with E-state index in [1.54, 1.807) is 0 Å². The number of hydrogen-bond acceptors (Lipinski definition) is 2. The lowest BCUT2D eigenvalue weighted by Gasteiger charge is -1.92. The van der Waals surface area contributed by atoms with Crippen molar-refractivity contribution in [1.29, 1.82) is 0 Å². The molecule has 0 saturated carbocycles. The Morgan fingerprint density at radius 3 is 2.78 bits per heavy atom. The smallest absolute Gasteiger partial charge is 0.151 e. The van der Waals surface area contributed by atoms with Crippen LogP contribution < -0.4 is 5.32 Å². The van der Waals surface area contributed by atoms with Crippen molar-refractivity contribution in [2.45, 2.75) is 0 Å². The summed E-state index contributed by atoms with van der Waals surface area (Å²) >= 11 is 0. The summed E-state index contributed by atoms with van der Waals surface area (Å²) in [5.74, 6) is 6.21. The summed E-state index contributed by atoms with van der Waals surface area (Å²) in [5.41, 5.74) is 2.73. The zero-order valence-electron chi connectivity index (χ0n) is 10.2. The second-order valence-corrected chi connectivity index (χ2v) is 4.11. The summed E-state index contributed by atoms with van der Waals surface area (Å²) < 4.78 is 5.89. The molecule has 3 rings (SSSR count). The third-order valence-electron chi connectivity index (χ3n) is 2.89. The molecule has 1 aromatic heterocycles. The van der Waals surface area contributed by atoms with Gasteiger partial charge in [0.15, 0.2) is 5.58 Å². The summed E-state index contributed by atoms with van der Waals surface area (Å²) in [6.07, 6.45) is 0. The predicted octanol–water partition coefficient (Wildman–Crippen LogP) is 3.16. The van der Waals surface area contributed by atoms with Crippen LogP contribution in [0, 0.1) is 11.8 Å². The minimum absolute atomic E-state index is 0.677.